The van der Waals surface area contributed by atoms with Gasteiger partial charge in [-0.25, -0.2) is 4.79 Å². The number of esters is 1. The first-order chi connectivity index (χ1) is 14.3. The average Bonchev–Trinajstić information content (AvgIpc) is 3.02. The lowest BCUT2D eigenvalue weighted by Crippen LogP contribution is -2.11. The van der Waals surface area contributed by atoms with Crippen molar-refractivity contribution in [2.45, 2.75) is 6.92 Å². The van der Waals surface area contributed by atoms with Gasteiger partial charge in [0, 0.05) is 31.6 Å². The Bertz CT molecular complexity index is 1150. The molecule has 3 rings (SSSR count). The number of amides is 1. The summed E-state index contributed by atoms with van der Waals surface area (Å²) in [6.07, 6.45) is 2.91. The zero-order valence-corrected chi connectivity index (χ0v) is 19.0. The Hall–Kier alpha value is -2.31. The van der Waals surface area contributed by atoms with Gasteiger partial charge in [-0.15, -0.1) is 11.3 Å². The van der Waals surface area contributed by atoms with Crippen molar-refractivity contribution in [3.63, 3.8) is 0 Å². The summed E-state index contributed by atoms with van der Waals surface area (Å²) in [7, 11) is 1.30. The second kappa shape index (κ2) is 9.67. The minimum atomic E-state index is -0.547. The van der Waals surface area contributed by atoms with Gasteiger partial charge in [0.2, 0.25) is 5.91 Å². The highest BCUT2D eigenvalue weighted by Crippen LogP contribution is 2.41. The summed E-state index contributed by atoms with van der Waals surface area (Å²) in [6.45, 7) is 1.87. The molecule has 0 aliphatic rings. The summed E-state index contributed by atoms with van der Waals surface area (Å²) in [6, 6.07) is 12.1. The molecule has 0 saturated carbocycles. The molecule has 0 radical (unpaired) electrons. The smallest absolute Gasteiger partial charge is 0.341 e. The lowest BCUT2D eigenvalue weighted by molar-refractivity contribution is -0.111. The predicted octanol–water partition coefficient (Wildman–Crippen LogP) is 7.12. The van der Waals surface area contributed by atoms with Gasteiger partial charge in [-0.05, 0) is 48.4 Å². The van der Waals surface area contributed by atoms with E-state index in [1.807, 2.05) is 13.0 Å². The van der Waals surface area contributed by atoms with E-state index in [0.29, 0.717) is 31.2 Å². The summed E-state index contributed by atoms with van der Waals surface area (Å²) in [5.41, 5.74) is 2.37. The number of aryl methyl sites for hydroxylation is 1. The first-order valence-electron chi connectivity index (χ1n) is 8.72. The number of carbonyl (C=O) groups excluding carboxylic acids is 2. The first-order valence-corrected chi connectivity index (χ1v) is 10.7. The molecule has 4 nitrogen and oxygen atoms in total. The highest BCUT2D eigenvalue weighted by molar-refractivity contribution is 7.17. The number of hydrogen-bond donors (Lipinski definition) is 1. The monoisotopic (exact) mass is 479 g/mol. The van der Waals surface area contributed by atoms with Gasteiger partial charge in [-0.3, -0.25) is 4.79 Å². The minimum absolute atomic E-state index is 0.286. The van der Waals surface area contributed by atoms with Gasteiger partial charge in [-0.2, -0.15) is 0 Å². The highest BCUT2D eigenvalue weighted by Gasteiger charge is 2.24. The third kappa shape index (κ3) is 5.05. The van der Waals surface area contributed by atoms with Crippen molar-refractivity contribution in [1.82, 2.24) is 0 Å². The number of halogens is 3. The van der Waals surface area contributed by atoms with Crippen LogP contribution >= 0.6 is 46.1 Å². The molecule has 0 fully saturated rings. The molecule has 154 valence electrons. The fourth-order valence-electron chi connectivity index (χ4n) is 2.88. The molecule has 0 unspecified atom stereocenters. The molecule has 8 heteroatoms. The van der Waals surface area contributed by atoms with Crippen LogP contribution in [0.15, 0.2) is 48.5 Å². The van der Waals surface area contributed by atoms with E-state index in [9.17, 15) is 9.59 Å². The van der Waals surface area contributed by atoms with Crippen molar-refractivity contribution in [3.8, 4) is 11.1 Å². The molecule has 3 aromatic rings. The van der Waals surface area contributed by atoms with Crippen molar-refractivity contribution < 1.29 is 14.3 Å². The maximum Gasteiger partial charge on any atom is 0.341 e. The Morgan fingerprint density at radius 2 is 1.80 bits per heavy atom. The van der Waals surface area contributed by atoms with Crippen LogP contribution in [0.5, 0.6) is 0 Å². The topological polar surface area (TPSA) is 55.4 Å². The number of thiophene rings is 1. The summed E-state index contributed by atoms with van der Waals surface area (Å²) < 4.78 is 4.96. The van der Waals surface area contributed by atoms with Gasteiger partial charge in [0.05, 0.1) is 7.11 Å². The number of benzene rings is 2. The molecule has 1 N–H and O–H groups in total. The molecule has 1 aromatic heterocycles. The molecule has 0 aliphatic carbocycles. The van der Waals surface area contributed by atoms with Crippen LogP contribution in [0.1, 0.15) is 20.8 Å². The van der Waals surface area contributed by atoms with Crippen LogP contribution in [-0.2, 0) is 9.53 Å². The molecule has 0 aliphatic heterocycles. The maximum absolute atomic E-state index is 12.5. The first kappa shape index (κ1) is 22.4. The Morgan fingerprint density at radius 3 is 2.47 bits per heavy atom. The molecule has 0 atom stereocenters. The van der Waals surface area contributed by atoms with Crippen LogP contribution in [0, 0.1) is 6.92 Å². The summed E-state index contributed by atoms with van der Waals surface area (Å²) >= 11 is 19.4. The number of carbonyl (C=O) groups is 2. The van der Waals surface area contributed by atoms with Crippen LogP contribution < -0.4 is 5.32 Å². The van der Waals surface area contributed by atoms with Crippen LogP contribution in [0.4, 0.5) is 5.00 Å². The van der Waals surface area contributed by atoms with Gasteiger partial charge in [-0.1, -0.05) is 53.0 Å². The average molecular weight is 481 g/mol. The van der Waals surface area contributed by atoms with Gasteiger partial charge in [0.15, 0.2) is 0 Å². The molecule has 2 aromatic carbocycles. The number of rotatable bonds is 5. The van der Waals surface area contributed by atoms with Crippen molar-refractivity contribution in [3.05, 3.63) is 79.6 Å². The predicted molar refractivity (Wildman–Crippen MR) is 125 cm³/mol. The van der Waals surface area contributed by atoms with Crippen LogP contribution in [0.2, 0.25) is 15.1 Å². The van der Waals surface area contributed by atoms with E-state index >= 15 is 0 Å². The standard InChI is InChI=1S/C22H16Cl3NO3S/c1-12-19(14-4-3-5-15(23)10-14)20(22(28)29-2)21(30-12)26-18(27)9-7-13-6-8-16(24)11-17(13)25/h3-11H,1-2H3,(H,26,27)/b9-7+. The quantitative estimate of drug-likeness (QED) is 0.312. The third-order valence-electron chi connectivity index (χ3n) is 4.20. The van der Waals surface area contributed by atoms with Crippen molar-refractivity contribution in [2.75, 3.05) is 12.4 Å². The Labute approximate surface area is 193 Å². The van der Waals surface area contributed by atoms with E-state index in [-0.39, 0.29) is 5.56 Å². The van der Waals surface area contributed by atoms with E-state index in [1.54, 1.807) is 42.5 Å². The fourth-order valence-corrected chi connectivity index (χ4v) is 4.61. The largest absolute Gasteiger partial charge is 0.465 e. The Balaban J connectivity index is 1.94. The molecular formula is C22H16Cl3NO3S. The second-order valence-electron chi connectivity index (χ2n) is 6.23. The lowest BCUT2D eigenvalue weighted by atomic mass is 10.0. The van der Waals surface area contributed by atoms with Crippen LogP contribution in [-0.4, -0.2) is 19.0 Å². The van der Waals surface area contributed by atoms with Crippen molar-refractivity contribution in [2.24, 2.45) is 0 Å². The molecule has 30 heavy (non-hydrogen) atoms. The fraction of sp³-hybridized carbons (Fsp3) is 0.0909. The van der Waals surface area contributed by atoms with Crippen molar-refractivity contribution in [1.29, 1.82) is 0 Å². The molecule has 0 spiro atoms. The van der Waals surface area contributed by atoms with Gasteiger partial charge in [0.1, 0.15) is 10.6 Å². The highest BCUT2D eigenvalue weighted by atomic mass is 35.5. The number of methoxy groups -OCH3 is 1. The van der Waals surface area contributed by atoms with Crippen molar-refractivity contribution >= 4 is 69.1 Å². The normalized spacial score (nSPS) is 11.0. The van der Waals surface area contributed by atoms with E-state index in [0.717, 1.165) is 10.4 Å². The third-order valence-corrected chi connectivity index (χ3v) is 6.02. The number of nitrogens with one attached hydrogen (secondary N) is 1. The number of ether oxygens (including phenoxy) is 1. The minimum Gasteiger partial charge on any atom is -0.465 e. The number of hydrogen-bond acceptors (Lipinski definition) is 4. The number of anilines is 1. The molecular weight excluding hydrogens is 465 g/mol. The van der Waals surface area contributed by atoms with Gasteiger partial charge < -0.3 is 10.1 Å². The van der Waals surface area contributed by atoms with E-state index in [1.165, 1.54) is 24.5 Å². The summed E-state index contributed by atoms with van der Waals surface area (Å²) in [4.78, 5) is 25.9. The van der Waals surface area contributed by atoms with Gasteiger partial charge >= 0.3 is 5.97 Å². The van der Waals surface area contributed by atoms with E-state index in [2.05, 4.69) is 5.32 Å². The zero-order chi connectivity index (χ0) is 21.8. The lowest BCUT2D eigenvalue weighted by Gasteiger charge is -2.07. The molecule has 1 heterocycles. The maximum atomic E-state index is 12.5. The van der Waals surface area contributed by atoms with Crippen LogP contribution in [0.25, 0.3) is 17.2 Å². The second-order valence-corrected chi connectivity index (χ2v) is 8.73. The SMILES string of the molecule is COC(=O)c1c(NC(=O)/C=C/c2ccc(Cl)cc2Cl)sc(C)c1-c1cccc(Cl)c1. The summed E-state index contributed by atoms with van der Waals surface area (Å²) in [5.74, 6) is -0.959. The van der Waals surface area contributed by atoms with Gasteiger partial charge in [0.25, 0.3) is 0 Å². The summed E-state index contributed by atoms with van der Waals surface area (Å²) in [5, 5.41) is 4.63. The Morgan fingerprint density at radius 1 is 1.07 bits per heavy atom. The van der Waals surface area contributed by atoms with E-state index < -0.39 is 11.9 Å². The Kier molecular flexibility index (Phi) is 7.21. The molecule has 0 bridgehead atoms. The zero-order valence-electron chi connectivity index (χ0n) is 16.0. The molecule has 1 amide bonds. The van der Waals surface area contributed by atoms with E-state index in [4.69, 9.17) is 39.5 Å². The molecule has 0 saturated heterocycles. The van der Waals surface area contributed by atoms with Crippen LogP contribution in [0.3, 0.4) is 0 Å².